The summed E-state index contributed by atoms with van der Waals surface area (Å²) < 4.78 is 0. The van der Waals surface area contributed by atoms with Crippen LogP contribution < -0.4 is 10.6 Å². The van der Waals surface area contributed by atoms with Gasteiger partial charge in [0.2, 0.25) is 0 Å². The van der Waals surface area contributed by atoms with Gasteiger partial charge >= 0.3 is 0 Å². The lowest BCUT2D eigenvalue weighted by Crippen LogP contribution is -2.44. The molecule has 6 heteroatoms. The van der Waals surface area contributed by atoms with Crippen molar-refractivity contribution in [2.45, 2.75) is 0 Å². The van der Waals surface area contributed by atoms with Crippen LogP contribution in [0.4, 0.5) is 11.5 Å². The van der Waals surface area contributed by atoms with Gasteiger partial charge in [0.25, 0.3) is 0 Å². The Labute approximate surface area is 134 Å². The topological polar surface area (TPSA) is 74.1 Å². The first kappa shape index (κ1) is 14.0. The van der Waals surface area contributed by atoms with E-state index in [9.17, 15) is 0 Å². The molecule has 3 heterocycles. The lowest BCUT2D eigenvalue weighted by Gasteiger charge is -2.34. The van der Waals surface area contributed by atoms with Gasteiger partial charge in [0.15, 0.2) is 0 Å². The number of fused-ring (bicyclic) bond motifs is 1. The number of aromatic nitrogens is 3. The Morgan fingerprint density at radius 1 is 1.09 bits per heavy atom. The number of rotatable bonds is 2. The Morgan fingerprint density at radius 2 is 1.91 bits per heavy atom. The molecular weight excluding hydrogens is 288 g/mol. The van der Waals surface area contributed by atoms with Gasteiger partial charge in [-0.1, -0.05) is 12.1 Å². The van der Waals surface area contributed by atoms with Crippen molar-refractivity contribution in [3.8, 4) is 11.3 Å². The molecule has 1 fully saturated rings. The molecule has 0 spiro atoms. The molecule has 1 aliphatic rings. The molecule has 23 heavy (non-hydrogen) atoms. The van der Waals surface area contributed by atoms with Crippen LogP contribution in [0.5, 0.6) is 0 Å². The van der Waals surface area contributed by atoms with Crippen LogP contribution >= 0.6 is 0 Å². The summed E-state index contributed by atoms with van der Waals surface area (Å²) in [7, 11) is 2.16. The normalized spacial score (nSPS) is 16.1. The SMILES string of the molecule is CN1CCN(c2cc(N)nc3cc(-c4ccn[nH]4)ccc23)CC1. The van der Waals surface area contributed by atoms with Crippen molar-refractivity contribution in [2.75, 3.05) is 43.9 Å². The Kier molecular flexibility index (Phi) is 3.38. The minimum absolute atomic E-state index is 0.563. The van der Waals surface area contributed by atoms with Crippen molar-refractivity contribution in [1.82, 2.24) is 20.1 Å². The molecule has 4 rings (SSSR count). The second kappa shape index (κ2) is 5.55. The molecule has 0 saturated carbocycles. The molecule has 1 aliphatic heterocycles. The lowest BCUT2D eigenvalue weighted by molar-refractivity contribution is 0.313. The van der Waals surface area contributed by atoms with Crippen molar-refractivity contribution in [3.05, 3.63) is 36.5 Å². The maximum Gasteiger partial charge on any atom is 0.126 e. The number of aromatic amines is 1. The van der Waals surface area contributed by atoms with E-state index in [0.29, 0.717) is 5.82 Å². The Morgan fingerprint density at radius 3 is 2.65 bits per heavy atom. The van der Waals surface area contributed by atoms with Crippen LogP contribution in [0, 0.1) is 0 Å². The molecular formula is C17H20N6. The van der Waals surface area contributed by atoms with Crippen molar-refractivity contribution in [3.63, 3.8) is 0 Å². The fourth-order valence-electron chi connectivity index (χ4n) is 3.12. The van der Waals surface area contributed by atoms with E-state index < -0.39 is 0 Å². The van der Waals surface area contributed by atoms with Gasteiger partial charge in [0, 0.05) is 55.1 Å². The molecule has 1 aromatic carbocycles. The number of anilines is 2. The Bertz CT molecular complexity index is 818. The van der Waals surface area contributed by atoms with E-state index in [1.807, 2.05) is 12.1 Å². The van der Waals surface area contributed by atoms with Crippen LogP contribution in [0.25, 0.3) is 22.2 Å². The third kappa shape index (κ3) is 2.61. The molecule has 0 aliphatic carbocycles. The van der Waals surface area contributed by atoms with E-state index in [-0.39, 0.29) is 0 Å². The summed E-state index contributed by atoms with van der Waals surface area (Å²) in [5, 5.41) is 8.15. The standard InChI is InChI=1S/C17H20N6/c1-22-6-8-23(9-7-22)16-11-17(18)20-15-10-12(2-3-13(15)16)14-4-5-19-21-14/h2-5,10-11H,6-9H2,1H3,(H2,18,20)(H,19,21). The number of nitrogens with one attached hydrogen (secondary N) is 1. The number of hydrogen-bond acceptors (Lipinski definition) is 5. The van der Waals surface area contributed by atoms with Gasteiger partial charge in [-0.25, -0.2) is 4.98 Å². The van der Waals surface area contributed by atoms with E-state index in [1.165, 1.54) is 5.69 Å². The number of piperazine rings is 1. The highest BCUT2D eigenvalue weighted by atomic mass is 15.2. The van der Waals surface area contributed by atoms with E-state index in [2.05, 4.69) is 50.2 Å². The highest BCUT2D eigenvalue weighted by molar-refractivity contribution is 5.95. The van der Waals surface area contributed by atoms with E-state index in [4.69, 9.17) is 5.73 Å². The zero-order chi connectivity index (χ0) is 15.8. The van der Waals surface area contributed by atoms with Gasteiger partial charge in [-0.15, -0.1) is 0 Å². The number of nitrogen functional groups attached to an aromatic ring is 1. The molecule has 0 amide bonds. The quantitative estimate of drug-likeness (QED) is 0.757. The Balaban J connectivity index is 1.79. The fourth-order valence-corrected chi connectivity index (χ4v) is 3.12. The lowest BCUT2D eigenvalue weighted by atomic mass is 10.1. The van der Waals surface area contributed by atoms with Gasteiger partial charge in [-0.2, -0.15) is 5.10 Å². The van der Waals surface area contributed by atoms with Gasteiger partial charge in [0.05, 0.1) is 11.2 Å². The van der Waals surface area contributed by atoms with Crippen molar-refractivity contribution < 1.29 is 0 Å². The summed E-state index contributed by atoms with van der Waals surface area (Å²) in [6.45, 7) is 4.15. The highest BCUT2D eigenvalue weighted by Gasteiger charge is 2.17. The largest absolute Gasteiger partial charge is 0.384 e. The molecule has 1 saturated heterocycles. The second-order valence-corrected chi connectivity index (χ2v) is 6.06. The minimum atomic E-state index is 0.563. The van der Waals surface area contributed by atoms with E-state index in [0.717, 1.165) is 48.3 Å². The monoisotopic (exact) mass is 308 g/mol. The molecule has 3 aromatic rings. The molecule has 0 unspecified atom stereocenters. The number of nitrogens with two attached hydrogens (primary N) is 1. The summed E-state index contributed by atoms with van der Waals surface area (Å²) in [5.74, 6) is 0.563. The summed E-state index contributed by atoms with van der Waals surface area (Å²) >= 11 is 0. The maximum atomic E-state index is 6.06. The molecule has 6 nitrogen and oxygen atoms in total. The highest BCUT2D eigenvalue weighted by Crippen LogP contribution is 2.31. The smallest absolute Gasteiger partial charge is 0.126 e. The van der Waals surface area contributed by atoms with Gasteiger partial charge in [0.1, 0.15) is 5.82 Å². The molecule has 0 atom stereocenters. The van der Waals surface area contributed by atoms with Crippen molar-refractivity contribution in [1.29, 1.82) is 0 Å². The number of hydrogen-bond donors (Lipinski definition) is 2. The summed E-state index contributed by atoms with van der Waals surface area (Å²) in [6.07, 6.45) is 1.75. The molecule has 118 valence electrons. The Hall–Kier alpha value is -2.60. The van der Waals surface area contributed by atoms with Gasteiger partial charge in [-0.3, -0.25) is 5.10 Å². The molecule has 3 N–H and O–H groups in total. The maximum absolute atomic E-state index is 6.06. The van der Waals surface area contributed by atoms with E-state index in [1.54, 1.807) is 6.20 Å². The first-order chi connectivity index (χ1) is 11.2. The van der Waals surface area contributed by atoms with Crippen LogP contribution in [0.3, 0.4) is 0 Å². The first-order valence-electron chi connectivity index (χ1n) is 7.84. The number of H-pyrrole nitrogens is 1. The van der Waals surface area contributed by atoms with Crippen LogP contribution in [0.2, 0.25) is 0 Å². The van der Waals surface area contributed by atoms with Crippen LogP contribution in [-0.2, 0) is 0 Å². The zero-order valence-corrected chi connectivity index (χ0v) is 13.2. The third-order valence-corrected chi connectivity index (χ3v) is 4.46. The number of benzene rings is 1. The second-order valence-electron chi connectivity index (χ2n) is 6.06. The molecule has 2 aromatic heterocycles. The number of pyridine rings is 1. The van der Waals surface area contributed by atoms with Crippen LogP contribution in [-0.4, -0.2) is 53.3 Å². The average molecular weight is 308 g/mol. The minimum Gasteiger partial charge on any atom is -0.384 e. The summed E-state index contributed by atoms with van der Waals surface area (Å²) in [5.41, 5.74) is 10.2. The van der Waals surface area contributed by atoms with Gasteiger partial charge in [-0.05, 0) is 19.2 Å². The van der Waals surface area contributed by atoms with Gasteiger partial charge < -0.3 is 15.5 Å². The predicted molar refractivity (Wildman–Crippen MR) is 93.4 cm³/mol. The van der Waals surface area contributed by atoms with E-state index >= 15 is 0 Å². The van der Waals surface area contributed by atoms with Crippen molar-refractivity contribution >= 4 is 22.4 Å². The summed E-state index contributed by atoms with van der Waals surface area (Å²) in [6, 6.07) is 10.2. The fraction of sp³-hybridized carbons (Fsp3) is 0.294. The van der Waals surface area contributed by atoms with Crippen molar-refractivity contribution in [2.24, 2.45) is 0 Å². The van der Waals surface area contributed by atoms with Crippen LogP contribution in [0.15, 0.2) is 36.5 Å². The predicted octanol–water partition coefficient (Wildman–Crippen LogP) is 1.96. The molecule has 0 radical (unpaired) electrons. The third-order valence-electron chi connectivity index (χ3n) is 4.46. The first-order valence-corrected chi connectivity index (χ1v) is 7.84. The zero-order valence-electron chi connectivity index (χ0n) is 13.2. The summed E-state index contributed by atoms with van der Waals surface area (Å²) in [4.78, 5) is 9.27. The molecule has 0 bridgehead atoms. The number of likely N-dealkylation sites (N-methyl/N-ethyl adjacent to an activating group) is 1. The van der Waals surface area contributed by atoms with Crippen LogP contribution in [0.1, 0.15) is 0 Å². The number of nitrogens with zero attached hydrogens (tertiary/aromatic N) is 4. The average Bonchev–Trinajstić information content (AvgIpc) is 3.09.